The van der Waals surface area contributed by atoms with Crippen LogP contribution in [-0.2, 0) is 11.3 Å². The first-order chi connectivity index (χ1) is 10.7. The van der Waals surface area contributed by atoms with Crippen LogP contribution < -0.4 is 5.32 Å². The Morgan fingerprint density at radius 2 is 1.86 bits per heavy atom. The van der Waals surface area contributed by atoms with E-state index >= 15 is 0 Å². The maximum Gasteiger partial charge on any atom is 0.241 e. The summed E-state index contributed by atoms with van der Waals surface area (Å²) in [6, 6.07) is 10.1. The number of aliphatic imine (C=N–C) groups is 1. The molecule has 1 saturated heterocycles. The van der Waals surface area contributed by atoms with Crippen molar-refractivity contribution >= 4 is 11.9 Å². The highest BCUT2D eigenvalue weighted by Gasteiger charge is 2.16. The molecule has 1 aromatic rings. The van der Waals surface area contributed by atoms with Crippen molar-refractivity contribution in [2.24, 2.45) is 4.99 Å². The lowest BCUT2D eigenvalue weighted by Crippen LogP contribution is -2.45. The van der Waals surface area contributed by atoms with Crippen molar-refractivity contribution in [1.82, 2.24) is 15.1 Å². The molecule has 1 aliphatic heterocycles. The predicted octanol–water partition coefficient (Wildman–Crippen LogP) is 1.71. The van der Waals surface area contributed by atoms with Gasteiger partial charge in [0, 0.05) is 27.2 Å². The van der Waals surface area contributed by atoms with Gasteiger partial charge >= 0.3 is 0 Å². The Bertz CT molecular complexity index is 493. The van der Waals surface area contributed by atoms with Crippen LogP contribution in [0.25, 0.3) is 0 Å². The van der Waals surface area contributed by atoms with Gasteiger partial charge in [-0.1, -0.05) is 30.3 Å². The quantitative estimate of drug-likeness (QED) is 0.680. The van der Waals surface area contributed by atoms with E-state index in [2.05, 4.69) is 22.4 Å². The number of hydrogen-bond donors (Lipinski definition) is 1. The molecule has 0 radical (unpaired) electrons. The summed E-state index contributed by atoms with van der Waals surface area (Å²) in [6.45, 7) is 2.70. The Hall–Kier alpha value is -2.04. The summed E-state index contributed by atoms with van der Waals surface area (Å²) in [7, 11) is 3.87. The summed E-state index contributed by atoms with van der Waals surface area (Å²) in [5.74, 6) is 0.906. The van der Waals surface area contributed by atoms with Crippen molar-refractivity contribution in [2.75, 3.05) is 33.7 Å². The molecule has 1 N–H and O–H groups in total. The van der Waals surface area contributed by atoms with Gasteiger partial charge in [-0.05, 0) is 24.8 Å². The van der Waals surface area contributed by atoms with Crippen LogP contribution in [0.1, 0.15) is 24.8 Å². The first kappa shape index (κ1) is 16.3. The van der Waals surface area contributed by atoms with Crippen LogP contribution in [0.4, 0.5) is 0 Å². The Morgan fingerprint density at radius 1 is 1.18 bits per heavy atom. The van der Waals surface area contributed by atoms with Crippen molar-refractivity contribution in [2.45, 2.75) is 25.8 Å². The molecule has 0 spiro atoms. The number of likely N-dealkylation sites (tertiary alicyclic amines) is 1. The molecule has 1 aliphatic rings. The summed E-state index contributed by atoms with van der Waals surface area (Å²) in [6.07, 6.45) is 3.47. The summed E-state index contributed by atoms with van der Waals surface area (Å²) in [5, 5.41) is 3.17. The number of piperidine rings is 1. The Labute approximate surface area is 133 Å². The molecule has 1 amide bonds. The molecular weight excluding hydrogens is 276 g/mol. The maximum atomic E-state index is 12.2. The fraction of sp³-hybridized carbons (Fsp3) is 0.529. The van der Waals surface area contributed by atoms with E-state index in [1.165, 1.54) is 6.42 Å². The van der Waals surface area contributed by atoms with E-state index in [1.807, 2.05) is 42.1 Å². The van der Waals surface area contributed by atoms with Crippen LogP contribution >= 0.6 is 0 Å². The Kier molecular flexibility index (Phi) is 6.25. The standard InChI is InChI=1S/C17H26N4O/c1-20(2)17(18-13-15-9-5-3-6-10-15)19-14-16(22)21-11-7-4-8-12-21/h3,5-6,9-10H,4,7-8,11-14H2,1-2H3,(H,18,19). The van der Waals surface area contributed by atoms with Crippen LogP contribution in [0.15, 0.2) is 35.3 Å². The minimum atomic E-state index is 0.161. The van der Waals surface area contributed by atoms with E-state index in [-0.39, 0.29) is 5.91 Å². The van der Waals surface area contributed by atoms with Gasteiger partial charge in [0.1, 0.15) is 0 Å². The second-order valence-corrected chi connectivity index (χ2v) is 5.81. The number of hydrogen-bond acceptors (Lipinski definition) is 2. The van der Waals surface area contributed by atoms with Crippen molar-refractivity contribution < 1.29 is 4.79 Å². The van der Waals surface area contributed by atoms with E-state index in [1.54, 1.807) is 0 Å². The van der Waals surface area contributed by atoms with Crippen molar-refractivity contribution in [1.29, 1.82) is 0 Å². The maximum absolute atomic E-state index is 12.2. The molecule has 1 fully saturated rings. The molecule has 0 aliphatic carbocycles. The third kappa shape index (κ3) is 5.06. The molecule has 5 nitrogen and oxygen atoms in total. The van der Waals surface area contributed by atoms with E-state index in [0.29, 0.717) is 13.1 Å². The minimum Gasteiger partial charge on any atom is -0.349 e. The zero-order valence-electron chi connectivity index (χ0n) is 13.6. The number of rotatable bonds is 4. The van der Waals surface area contributed by atoms with Gasteiger partial charge in [0.25, 0.3) is 0 Å². The molecule has 120 valence electrons. The zero-order valence-corrected chi connectivity index (χ0v) is 13.6. The van der Waals surface area contributed by atoms with Gasteiger partial charge in [-0.3, -0.25) is 4.79 Å². The number of carbonyl (C=O) groups excluding carboxylic acids is 1. The third-order valence-corrected chi connectivity index (χ3v) is 3.78. The average Bonchev–Trinajstić information content (AvgIpc) is 2.56. The largest absolute Gasteiger partial charge is 0.349 e. The second kappa shape index (κ2) is 8.41. The van der Waals surface area contributed by atoms with Gasteiger partial charge in [0.15, 0.2) is 5.96 Å². The smallest absolute Gasteiger partial charge is 0.241 e. The SMILES string of the molecule is CN(C)C(=NCc1ccccc1)NCC(=O)N1CCCCC1. The lowest BCUT2D eigenvalue weighted by Gasteiger charge is -2.27. The fourth-order valence-electron chi connectivity index (χ4n) is 2.51. The topological polar surface area (TPSA) is 47.9 Å². The lowest BCUT2D eigenvalue weighted by atomic mass is 10.1. The van der Waals surface area contributed by atoms with Gasteiger partial charge < -0.3 is 15.1 Å². The summed E-state index contributed by atoms with van der Waals surface area (Å²) >= 11 is 0. The third-order valence-electron chi connectivity index (χ3n) is 3.78. The number of carbonyl (C=O) groups is 1. The van der Waals surface area contributed by atoms with E-state index in [4.69, 9.17) is 0 Å². The van der Waals surface area contributed by atoms with Crippen LogP contribution in [0.3, 0.4) is 0 Å². The zero-order chi connectivity index (χ0) is 15.8. The van der Waals surface area contributed by atoms with Crippen LogP contribution in [0.2, 0.25) is 0 Å². The molecular formula is C17H26N4O. The Balaban J connectivity index is 1.87. The summed E-state index contributed by atoms with van der Waals surface area (Å²) < 4.78 is 0. The van der Waals surface area contributed by atoms with E-state index in [0.717, 1.165) is 37.5 Å². The number of amides is 1. The van der Waals surface area contributed by atoms with Gasteiger partial charge in [-0.15, -0.1) is 0 Å². The van der Waals surface area contributed by atoms with Gasteiger partial charge in [-0.2, -0.15) is 0 Å². The van der Waals surface area contributed by atoms with Crippen molar-refractivity contribution in [3.8, 4) is 0 Å². The summed E-state index contributed by atoms with van der Waals surface area (Å²) in [5.41, 5.74) is 1.16. The number of guanidine groups is 1. The van der Waals surface area contributed by atoms with E-state index in [9.17, 15) is 4.79 Å². The van der Waals surface area contributed by atoms with Gasteiger partial charge in [-0.25, -0.2) is 4.99 Å². The van der Waals surface area contributed by atoms with Crippen LogP contribution in [0, 0.1) is 0 Å². The fourth-order valence-corrected chi connectivity index (χ4v) is 2.51. The highest BCUT2D eigenvalue weighted by molar-refractivity contribution is 5.86. The molecule has 0 atom stereocenters. The molecule has 1 aromatic carbocycles. The first-order valence-electron chi connectivity index (χ1n) is 7.94. The number of benzene rings is 1. The second-order valence-electron chi connectivity index (χ2n) is 5.81. The minimum absolute atomic E-state index is 0.161. The number of nitrogens with one attached hydrogen (secondary N) is 1. The molecule has 0 unspecified atom stereocenters. The Morgan fingerprint density at radius 3 is 2.50 bits per heavy atom. The molecule has 1 heterocycles. The predicted molar refractivity (Wildman–Crippen MR) is 89.7 cm³/mol. The summed E-state index contributed by atoms with van der Waals surface area (Å²) in [4.78, 5) is 20.6. The lowest BCUT2D eigenvalue weighted by molar-refractivity contribution is -0.130. The van der Waals surface area contributed by atoms with Crippen LogP contribution in [0.5, 0.6) is 0 Å². The van der Waals surface area contributed by atoms with Gasteiger partial charge in [0.05, 0.1) is 13.1 Å². The highest BCUT2D eigenvalue weighted by Crippen LogP contribution is 2.08. The highest BCUT2D eigenvalue weighted by atomic mass is 16.2. The molecule has 0 saturated carbocycles. The monoisotopic (exact) mass is 302 g/mol. The molecule has 22 heavy (non-hydrogen) atoms. The molecule has 0 bridgehead atoms. The van der Waals surface area contributed by atoms with Crippen LogP contribution in [-0.4, -0.2) is 55.4 Å². The van der Waals surface area contributed by atoms with E-state index < -0.39 is 0 Å². The van der Waals surface area contributed by atoms with Crippen molar-refractivity contribution in [3.63, 3.8) is 0 Å². The number of nitrogens with zero attached hydrogens (tertiary/aromatic N) is 3. The first-order valence-corrected chi connectivity index (χ1v) is 7.94. The van der Waals surface area contributed by atoms with Gasteiger partial charge in [0.2, 0.25) is 5.91 Å². The van der Waals surface area contributed by atoms with Crippen molar-refractivity contribution in [3.05, 3.63) is 35.9 Å². The molecule has 5 heteroatoms. The average molecular weight is 302 g/mol. The molecule has 2 rings (SSSR count). The molecule has 0 aromatic heterocycles. The normalized spacial score (nSPS) is 15.5.